The maximum Gasteiger partial charge on any atom is 0.257 e. The van der Waals surface area contributed by atoms with E-state index >= 15 is 4.39 Å². The van der Waals surface area contributed by atoms with Crippen LogP contribution in [0.5, 0.6) is 0 Å². The molecule has 1 N–H and O–H groups in total. The van der Waals surface area contributed by atoms with E-state index in [-0.39, 0.29) is 60.5 Å². The minimum absolute atomic E-state index is 0.0447. The first-order valence-corrected chi connectivity index (χ1v) is 14.0. The van der Waals surface area contributed by atoms with Crippen LogP contribution >= 0.6 is 0 Å². The van der Waals surface area contributed by atoms with Crippen molar-refractivity contribution in [1.82, 2.24) is 20.0 Å². The third-order valence-corrected chi connectivity index (χ3v) is 8.95. The van der Waals surface area contributed by atoms with Crippen LogP contribution in [0.2, 0.25) is 0 Å². The van der Waals surface area contributed by atoms with Gasteiger partial charge >= 0.3 is 0 Å². The Labute approximate surface area is 236 Å². The van der Waals surface area contributed by atoms with Crippen LogP contribution < -0.4 is 5.32 Å². The highest BCUT2D eigenvalue weighted by molar-refractivity contribution is 6.06. The van der Waals surface area contributed by atoms with Gasteiger partial charge in [-0.3, -0.25) is 29.4 Å². The number of carbonyl (C=O) groups excluding carboxylic acids is 4. The van der Waals surface area contributed by atoms with E-state index in [0.29, 0.717) is 18.7 Å². The predicted molar refractivity (Wildman–Crippen MR) is 147 cm³/mol. The number of amides is 4. The van der Waals surface area contributed by atoms with Gasteiger partial charge in [-0.15, -0.1) is 0 Å². The number of rotatable bonds is 5. The summed E-state index contributed by atoms with van der Waals surface area (Å²) in [6.07, 6.45) is 1.17. The molecular weight excluding hydrogens is 523 g/mol. The maximum absolute atomic E-state index is 15.4. The highest BCUT2D eigenvalue weighted by Gasteiger charge is 2.49. The Bertz CT molecular complexity index is 1520. The lowest BCUT2D eigenvalue weighted by Crippen LogP contribution is -2.52. The Balaban J connectivity index is 1.11. The molecule has 0 aromatic heterocycles. The molecule has 4 amide bonds. The number of halogens is 1. The van der Waals surface area contributed by atoms with Crippen LogP contribution in [0, 0.1) is 5.82 Å². The lowest BCUT2D eigenvalue weighted by molar-refractivity contribution is -0.136. The molecular formula is C32H29FN4O4. The second kappa shape index (κ2) is 9.92. The van der Waals surface area contributed by atoms with Crippen molar-refractivity contribution in [3.8, 4) is 0 Å². The number of hydrogen-bond acceptors (Lipinski definition) is 5. The summed E-state index contributed by atoms with van der Waals surface area (Å²) in [4.78, 5) is 56.2. The highest BCUT2D eigenvalue weighted by atomic mass is 19.1. The molecule has 3 saturated heterocycles. The third kappa shape index (κ3) is 4.32. The average Bonchev–Trinajstić information content (AvgIpc) is 3.67. The summed E-state index contributed by atoms with van der Waals surface area (Å²) in [5, 5.41) is 2.27. The lowest BCUT2D eigenvalue weighted by Gasteiger charge is -2.39. The average molecular weight is 553 g/mol. The zero-order chi connectivity index (χ0) is 28.2. The Morgan fingerprint density at radius 1 is 0.902 bits per heavy atom. The summed E-state index contributed by atoms with van der Waals surface area (Å²) in [7, 11) is 0. The van der Waals surface area contributed by atoms with Gasteiger partial charge in [-0.05, 0) is 41.7 Å². The molecule has 41 heavy (non-hydrogen) atoms. The fourth-order valence-electron chi connectivity index (χ4n) is 7.02. The van der Waals surface area contributed by atoms with E-state index in [9.17, 15) is 19.2 Å². The lowest BCUT2D eigenvalue weighted by atomic mass is 9.96. The molecule has 1 unspecified atom stereocenters. The van der Waals surface area contributed by atoms with Crippen molar-refractivity contribution in [3.63, 3.8) is 0 Å². The van der Waals surface area contributed by atoms with Crippen molar-refractivity contribution in [1.29, 1.82) is 0 Å². The number of piperazine rings is 1. The molecule has 2 bridgehead atoms. The molecule has 3 aromatic carbocycles. The predicted octanol–water partition coefficient (Wildman–Crippen LogP) is 3.28. The van der Waals surface area contributed by atoms with E-state index in [0.717, 1.165) is 12.5 Å². The number of hydrogen-bond donors (Lipinski definition) is 1. The van der Waals surface area contributed by atoms with E-state index in [1.54, 1.807) is 4.90 Å². The molecule has 3 aromatic rings. The molecule has 0 aliphatic carbocycles. The number of imide groups is 1. The molecule has 0 radical (unpaired) electrons. The molecule has 3 fully saturated rings. The van der Waals surface area contributed by atoms with Gasteiger partial charge < -0.3 is 9.80 Å². The number of likely N-dealkylation sites (tertiary alicyclic amines) is 2. The van der Waals surface area contributed by atoms with Gasteiger partial charge in [0, 0.05) is 43.7 Å². The van der Waals surface area contributed by atoms with E-state index < -0.39 is 23.7 Å². The van der Waals surface area contributed by atoms with Crippen molar-refractivity contribution in [2.45, 2.75) is 50.0 Å². The number of nitrogens with zero attached hydrogens (tertiary/aromatic N) is 3. The molecule has 8 nitrogen and oxygen atoms in total. The number of benzene rings is 3. The summed E-state index contributed by atoms with van der Waals surface area (Å²) >= 11 is 0. The molecule has 208 valence electrons. The van der Waals surface area contributed by atoms with Crippen molar-refractivity contribution in [3.05, 3.63) is 106 Å². The van der Waals surface area contributed by atoms with Gasteiger partial charge in [0.15, 0.2) is 0 Å². The van der Waals surface area contributed by atoms with Crippen LogP contribution in [-0.2, 0) is 16.1 Å². The standard InChI is InChI=1S/C32H29FN4O4/c33-26-15-24-21(16-37(31(24)40)27-11-12-28(38)34-30(27)39)13-25(26)32(41)36-18-22-14-23(36)17-35(22)29(19-7-3-1-4-8-19)20-9-5-2-6-10-20/h1-10,13,15,22-23,27,29H,11-12,14,16-18H2,(H,34,38,39)/t22-,23-,27?/m1/s1. The molecule has 0 spiro atoms. The van der Waals surface area contributed by atoms with Gasteiger partial charge in [-0.2, -0.15) is 0 Å². The second-order valence-electron chi connectivity index (χ2n) is 11.3. The zero-order valence-corrected chi connectivity index (χ0v) is 22.3. The third-order valence-electron chi connectivity index (χ3n) is 8.95. The molecule has 9 heteroatoms. The summed E-state index contributed by atoms with van der Waals surface area (Å²) in [6, 6.07) is 22.6. The highest BCUT2D eigenvalue weighted by Crippen LogP contribution is 2.41. The zero-order valence-electron chi connectivity index (χ0n) is 22.3. The van der Waals surface area contributed by atoms with Crippen LogP contribution in [0.25, 0.3) is 0 Å². The van der Waals surface area contributed by atoms with Gasteiger partial charge in [0.25, 0.3) is 11.8 Å². The Hall–Kier alpha value is -4.37. The largest absolute Gasteiger partial charge is 0.333 e. The van der Waals surface area contributed by atoms with Crippen LogP contribution in [0.3, 0.4) is 0 Å². The van der Waals surface area contributed by atoms with E-state index in [4.69, 9.17) is 0 Å². The van der Waals surface area contributed by atoms with Gasteiger partial charge in [-0.1, -0.05) is 60.7 Å². The number of piperidine rings is 1. The summed E-state index contributed by atoms with van der Waals surface area (Å²) in [5.41, 5.74) is 3.01. The van der Waals surface area contributed by atoms with E-state index in [1.165, 1.54) is 22.1 Å². The van der Waals surface area contributed by atoms with Gasteiger partial charge in [0.05, 0.1) is 11.6 Å². The summed E-state index contributed by atoms with van der Waals surface area (Å²) < 4.78 is 15.4. The van der Waals surface area contributed by atoms with Crippen molar-refractivity contribution in [2.24, 2.45) is 0 Å². The topological polar surface area (TPSA) is 90.0 Å². The first-order valence-electron chi connectivity index (χ1n) is 14.0. The number of nitrogens with one attached hydrogen (secondary N) is 1. The normalized spacial score (nSPS) is 23.9. The number of carbonyl (C=O) groups is 4. The fourth-order valence-corrected chi connectivity index (χ4v) is 7.02. The minimum atomic E-state index is -0.794. The summed E-state index contributed by atoms with van der Waals surface area (Å²) in [5.74, 6) is -2.47. The second-order valence-corrected chi connectivity index (χ2v) is 11.3. The van der Waals surface area contributed by atoms with Crippen LogP contribution in [-0.4, -0.2) is 69.5 Å². The quantitative estimate of drug-likeness (QED) is 0.491. The first kappa shape index (κ1) is 25.6. The van der Waals surface area contributed by atoms with E-state index in [2.05, 4.69) is 34.5 Å². The fraction of sp³-hybridized carbons (Fsp3) is 0.312. The van der Waals surface area contributed by atoms with E-state index in [1.807, 2.05) is 36.4 Å². The van der Waals surface area contributed by atoms with Crippen LogP contribution in [0.1, 0.15) is 62.7 Å². The molecule has 7 rings (SSSR count). The molecule has 0 saturated carbocycles. The monoisotopic (exact) mass is 552 g/mol. The molecule has 3 atom stereocenters. The smallest absolute Gasteiger partial charge is 0.257 e. The Kier molecular flexibility index (Phi) is 6.19. The maximum atomic E-state index is 15.4. The van der Waals surface area contributed by atoms with Crippen molar-refractivity contribution in [2.75, 3.05) is 13.1 Å². The van der Waals surface area contributed by atoms with Gasteiger partial charge in [0.1, 0.15) is 11.9 Å². The Morgan fingerprint density at radius 2 is 1.59 bits per heavy atom. The van der Waals surface area contributed by atoms with Crippen LogP contribution in [0.15, 0.2) is 72.8 Å². The first-order chi connectivity index (χ1) is 19.9. The molecule has 4 aliphatic rings. The van der Waals surface area contributed by atoms with Gasteiger partial charge in [0.2, 0.25) is 11.8 Å². The van der Waals surface area contributed by atoms with Crippen LogP contribution in [0.4, 0.5) is 4.39 Å². The van der Waals surface area contributed by atoms with Crippen molar-refractivity contribution >= 4 is 23.6 Å². The number of fused-ring (bicyclic) bond motifs is 3. The molecule has 4 heterocycles. The summed E-state index contributed by atoms with van der Waals surface area (Å²) in [6.45, 7) is 1.27. The Morgan fingerprint density at radius 3 is 2.20 bits per heavy atom. The van der Waals surface area contributed by atoms with Gasteiger partial charge in [-0.25, -0.2) is 4.39 Å². The molecule has 4 aliphatic heterocycles. The minimum Gasteiger partial charge on any atom is -0.333 e. The SMILES string of the molecule is O=C1CCC(N2Cc3cc(C(=O)N4C[C@H]5C[C@@H]4CN5C(c4ccccc4)c4ccccc4)c(F)cc3C2=O)C(=O)N1. The van der Waals surface area contributed by atoms with Crippen molar-refractivity contribution < 1.29 is 23.6 Å².